The first-order chi connectivity index (χ1) is 8.06. The van der Waals surface area contributed by atoms with Crippen LogP contribution in [0.5, 0.6) is 0 Å². The van der Waals surface area contributed by atoms with Gasteiger partial charge in [0.1, 0.15) is 0 Å². The van der Waals surface area contributed by atoms with Crippen molar-refractivity contribution in [2.24, 2.45) is 0 Å². The fraction of sp³-hybridized carbons (Fsp3) is 0.462. The molecule has 1 amide bonds. The van der Waals surface area contributed by atoms with Crippen LogP contribution in [0.1, 0.15) is 24.2 Å². The third kappa shape index (κ3) is 2.77. The van der Waals surface area contributed by atoms with E-state index in [-0.39, 0.29) is 18.1 Å². The number of hydrogen-bond donors (Lipinski definition) is 1. The summed E-state index contributed by atoms with van der Waals surface area (Å²) in [6.07, 6.45) is 0.188. The van der Waals surface area contributed by atoms with Crippen molar-refractivity contribution in [1.82, 2.24) is 4.90 Å². The second kappa shape index (κ2) is 4.75. The van der Waals surface area contributed by atoms with Crippen LogP contribution >= 0.6 is 0 Å². The Bertz CT molecular complexity index is 392. The molecule has 0 aromatic heterocycles. The van der Waals surface area contributed by atoms with Crippen molar-refractivity contribution >= 4 is 11.6 Å². The van der Waals surface area contributed by atoms with Crippen molar-refractivity contribution in [3.8, 4) is 0 Å². The molecule has 0 aliphatic carbocycles. The Hall–Kier alpha value is -1.55. The maximum absolute atomic E-state index is 12.2. The Morgan fingerprint density at radius 3 is 2.29 bits per heavy atom. The molecular weight excluding hydrogens is 216 g/mol. The van der Waals surface area contributed by atoms with E-state index < -0.39 is 0 Å². The Balaban J connectivity index is 2.11. The lowest BCUT2D eigenvalue weighted by molar-refractivity contribution is -0.0586. The lowest BCUT2D eigenvalue weighted by atomic mass is 10.1. The number of ether oxygens (including phenoxy) is 1. The second-order valence-corrected chi connectivity index (χ2v) is 4.59. The predicted molar refractivity (Wildman–Crippen MR) is 66.8 cm³/mol. The van der Waals surface area contributed by atoms with Gasteiger partial charge in [0.25, 0.3) is 5.91 Å². The minimum Gasteiger partial charge on any atom is -0.399 e. The van der Waals surface area contributed by atoms with Gasteiger partial charge in [-0.25, -0.2) is 0 Å². The summed E-state index contributed by atoms with van der Waals surface area (Å²) in [5.74, 6) is 0.0481. The monoisotopic (exact) mass is 234 g/mol. The van der Waals surface area contributed by atoms with Gasteiger partial charge in [0, 0.05) is 24.3 Å². The van der Waals surface area contributed by atoms with E-state index in [0.717, 1.165) is 0 Å². The molecule has 4 heteroatoms. The zero-order valence-electron chi connectivity index (χ0n) is 10.2. The minimum atomic E-state index is 0.0481. The van der Waals surface area contributed by atoms with E-state index in [9.17, 15) is 4.79 Å². The Morgan fingerprint density at radius 2 is 1.76 bits per heavy atom. The van der Waals surface area contributed by atoms with Gasteiger partial charge in [-0.2, -0.15) is 0 Å². The molecule has 1 aliphatic heterocycles. The van der Waals surface area contributed by atoms with Crippen molar-refractivity contribution in [2.45, 2.75) is 26.1 Å². The molecule has 4 nitrogen and oxygen atoms in total. The number of nitrogens with two attached hydrogens (primary N) is 1. The molecule has 2 atom stereocenters. The summed E-state index contributed by atoms with van der Waals surface area (Å²) in [7, 11) is 0. The van der Waals surface area contributed by atoms with Gasteiger partial charge in [-0.1, -0.05) is 0 Å². The first kappa shape index (κ1) is 11.9. The number of nitrogen functional groups attached to an aromatic ring is 1. The van der Waals surface area contributed by atoms with E-state index in [1.165, 1.54) is 0 Å². The molecule has 0 unspecified atom stereocenters. The van der Waals surface area contributed by atoms with Crippen LogP contribution in [0.4, 0.5) is 5.69 Å². The van der Waals surface area contributed by atoms with Crippen molar-refractivity contribution in [1.29, 1.82) is 0 Å². The van der Waals surface area contributed by atoms with Crippen molar-refractivity contribution in [3.63, 3.8) is 0 Å². The first-order valence-electron chi connectivity index (χ1n) is 5.86. The summed E-state index contributed by atoms with van der Waals surface area (Å²) in [4.78, 5) is 14.1. The normalized spacial score (nSPS) is 24.7. The largest absolute Gasteiger partial charge is 0.399 e. The summed E-state index contributed by atoms with van der Waals surface area (Å²) in [6.45, 7) is 5.26. The molecule has 2 N–H and O–H groups in total. The highest BCUT2D eigenvalue weighted by Gasteiger charge is 2.26. The lowest BCUT2D eigenvalue weighted by Gasteiger charge is -2.35. The molecule has 0 spiro atoms. The standard InChI is InChI=1S/C13H18N2O2/c1-9-7-15(8-10(2)17-9)13(16)11-3-5-12(14)6-4-11/h3-6,9-10H,7-8,14H2,1-2H3/t9-,10-/m1/s1. The van der Waals surface area contributed by atoms with Crippen LogP contribution in [-0.4, -0.2) is 36.1 Å². The summed E-state index contributed by atoms with van der Waals surface area (Å²) in [5, 5.41) is 0. The fourth-order valence-corrected chi connectivity index (χ4v) is 2.15. The van der Waals surface area contributed by atoms with Gasteiger partial charge in [-0.15, -0.1) is 0 Å². The van der Waals surface area contributed by atoms with Crippen LogP contribution in [-0.2, 0) is 4.74 Å². The average molecular weight is 234 g/mol. The molecule has 1 heterocycles. The molecule has 92 valence electrons. The van der Waals surface area contributed by atoms with E-state index in [4.69, 9.17) is 10.5 Å². The molecule has 2 rings (SSSR count). The van der Waals surface area contributed by atoms with Crippen LogP contribution in [0.15, 0.2) is 24.3 Å². The SMILES string of the molecule is C[C@@H]1CN(C(=O)c2ccc(N)cc2)C[C@@H](C)O1. The molecule has 1 fully saturated rings. The van der Waals surface area contributed by atoms with Crippen LogP contribution < -0.4 is 5.73 Å². The number of benzene rings is 1. The van der Waals surface area contributed by atoms with Gasteiger partial charge in [0.05, 0.1) is 12.2 Å². The number of carbonyl (C=O) groups excluding carboxylic acids is 1. The van der Waals surface area contributed by atoms with Gasteiger partial charge in [-0.05, 0) is 38.1 Å². The van der Waals surface area contributed by atoms with E-state index in [2.05, 4.69) is 0 Å². The molecule has 0 radical (unpaired) electrons. The summed E-state index contributed by atoms with van der Waals surface area (Å²) < 4.78 is 5.61. The third-order valence-electron chi connectivity index (χ3n) is 2.86. The van der Waals surface area contributed by atoms with Crippen LogP contribution in [0.3, 0.4) is 0 Å². The zero-order valence-corrected chi connectivity index (χ0v) is 10.2. The number of carbonyl (C=O) groups is 1. The lowest BCUT2D eigenvalue weighted by Crippen LogP contribution is -2.48. The molecule has 1 aromatic rings. The van der Waals surface area contributed by atoms with Crippen LogP contribution in [0.2, 0.25) is 0 Å². The Kier molecular flexibility index (Phi) is 3.33. The van der Waals surface area contributed by atoms with Crippen molar-refractivity contribution in [2.75, 3.05) is 18.8 Å². The van der Waals surface area contributed by atoms with Crippen LogP contribution in [0.25, 0.3) is 0 Å². The van der Waals surface area contributed by atoms with Gasteiger partial charge in [0.15, 0.2) is 0 Å². The first-order valence-corrected chi connectivity index (χ1v) is 5.86. The fourth-order valence-electron chi connectivity index (χ4n) is 2.15. The number of nitrogens with zero attached hydrogens (tertiary/aromatic N) is 1. The van der Waals surface area contributed by atoms with E-state index in [1.54, 1.807) is 24.3 Å². The summed E-state index contributed by atoms with van der Waals surface area (Å²) >= 11 is 0. The van der Waals surface area contributed by atoms with Gasteiger partial charge >= 0.3 is 0 Å². The number of rotatable bonds is 1. The zero-order chi connectivity index (χ0) is 12.4. The molecular formula is C13H18N2O2. The van der Waals surface area contributed by atoms with E-state index >= 15 is 0 Å². The highest BCUT2D eigenvalue weighted by atomic mass is 16.5. The molecule has 1 saturated heterocycles. The predicted octanol–water partition coefficient (Wildman–Crippen LogP) is 1.52. The number of hydrogen-bond acceptors (Lipinski definition) is 3. The highest BCUT2D eigenvalue weighted by molar-refractivity contribution is 5.94. The second-order valence-electron chi connectivity index (χ2n) is 4.59. The topological polar surface area (TPSA) is 55.6 Å². The maximum atomic E-state index is 12.2. The quantitative estimate of drug-likeness (QED) is 0.749. The highest BCUT2D eigenvalue weighted by Crippen LogP contribution is 2.15. The third-order valence-corrected chi connectivity index (χ3v) is 2.86. The molecule has 0 bridgehead atoms. The Morgan fingerprint density at radius 1 is 1.24 bits per heavy atom. The maximum Gasteiger partial charge on any atom is 0.254 e. The number of amides is 1. The van der Waals surface area contributed by atoms with Crippen molar-refractivity contribution < 1.29 is 9.53 Å². The van der Waals surface area contributed by atoms with Crippen molar-refractivity contribution in [3.05, 3.63) is 29.8 Å². The smallest absolute Gasteiger partial charge is 0.254 e. The molecule has 1 aromatic carbocycles. The average Bonchev–Trinajstić information content (AvgIpc) is 2.28. The molecule has 17 heavy (non-hydrogen) atoms. The van der Waals surface area contributed by atoms with E-state index in [1.807, 2.05) is 18.7 Å². The van der Waals surface area contributed by atoms with Gasteiger partial charge in [-0.3, -0.25) is 4.79 Å². The van der Waals surface area contributed by atoms with Gasteiger partial charge < -0.3 is 15.4 Å². The number of morpholine rings is 1. The van der Waals surface area contributed by atoms with Crippen LogP contribution in [0, 0.1) is 0 Å². The minimum absolute atomic E-state index is 0.0481. The number of anilines is 1. The molecule has 0 saturated carbocycles. The van der Waals surface area contributed by atoms with Gasteiger partial charge in [0.2, 0.25) is 0 Å². The van der Waals surface area contributed by atoms with E-state index in [0.29, 0.717) is 24.3 Å². The summed E-state index contributed by atoms with van der Waals surface area (Å²) in [5.41, 5.74) is 6.96. The Labute approximate surface area is 101 Å². The summed E-state index contributed by atoms with van der Waals surface area (Å²) in [6, 6.07) is 7.03. The molecule has 1 aliphatic rings.